The molecule has 4 aromatic rings. The standard InChI is InChI=1S/C20H23N9O11P2S3/c21-14-8-16(25-3-23-14)28(5-27-8)18-9(30)11-6(37-18)1-35-42(34,44)40-12-7(2-36-41(33,43)39-11)38-19(10(12)31)29-17-13(45-20(29)32)15(22)24-4-26-17/h3-7,9-12,18-19,30-31H,1-2H2,(H,33,43)(H,34,44)(H2,21,23,25)(H2,22,24,26)/t6-,7-,9-,10-,11-,12-,18-,19-,41?,42?/m1/s1. The van der Waals surface area contributed by atoms with E-state index < -0.39 is 80.6 Å². The fraction of sp³-hybridized carbons (Fsp3) is 0.500. The van der Waals surface area contributed by atoms with Gasteiger partial charge in [-0.3, -0.25) is 23.0 Å². The number of rotatable bonds is 2. The van der Waals surface area contributed by atoms with Crippen molar-refractivity contribution in [2.75, 3.05) is 24.7 Å². The van der Waals surface area contributed by atoms with Crippen molar-refractivity contribution < 1.29 is 47.6 Å². The number of thiazole rings is 1. The Bertz CT molecular complexity index is 1950. The number of nitrogens with zero attached hydrogens (tertiary/aromatic N) is 7. The summed E-state index contributed by atoms with van der Waals surface area (Å²) < 4.78 is 37.1. The molecule has 3 aliphatic rings. The van der Waals surface area contributed by atoms with E-state index >= 15 is 0 Å². The molecule has 4 aromatic heterocycles. The molecule has 3 fully saturated rings. The number of hydrogen-bond acceptors (Lipinski definition) is 19. The minimum Gasteiger partial charge on any atom is -0.386 e. The summed E-state index contributed by atoms with van der Waals surface area (Å²) in [4.78, 5) is 54.5. The number of nitrogen functional groups attached to an aromatic ring is 2. The number of aliphatic hydroxyl groups is 2. The van der Waals surface area contributed by atoms with Crippen molar-refractivity contribution in [3.05, 3.63) is 28.6 Å². The minimum absolute atomic E-state index is 0.0487. The zero-order valence-corrected chi connectivity index (χ0v) is 26.6. The average Bonchev–Trinajstić information content (AvgIpc) is 3.71. The van der Waals surface area contributed by atoms with Gasteiger partial charge in [-0.05, 0) is 23.6 Å². The first-order valence-corrected chi connectivity index (χ1v) is 18.9. The second kappa shape index (κ2) is 11.5. The number of aliphatic hydroxyl groups excluding tert-OH is 2. The fourth-order valence-corrected chi connectivity index (χ4v) is 9.02. The lowest BCUT2D eigenvalue weighted by Gasteiger charge is -2.30. The number of aromatic nitrogens is 7. The van der Waals surface area contributed by atoms with Crippen LogP contribution in [-0.2, 0) is 51.2 Å². The van der Waals surface area contributed by atoms with Crippen LogP contribution in [0.15, 0.2) is 23.8 Å². The molecule has 7 rings (SSSR count). The molecule has 0 bridgehead atoms. The van der Waals surface area contributed by atoms with Crippen LogP contribution in [0.1, 0.15) is 12.5 Å². The summed E-state index contributed by atoms with van der Waals surface area (Å²) in [6, 6.07) is 0. The number of hydrogen-bond donors (Lipinski definition) is 6. The van der Waals surface area contributed by atoms with Gasteiger partial charge in [-0.1, -0.05) is 11.3 Å². The molecule has 45 heavy (non-hydrogen) atoms. The van der Waals surface area contributed by atoms with Gasteiger partial charge in [-0.25, -0.2) is 24.9 Å². The Morgan fingerprint density at radius 3 is 2.04 bits per heavy atom. The van der Waals surface area contributed by atoms with Crippen molar-refractivity contribution in [2.45, 2.75) is 49.1 Å². The molecular formula is C20H23N9O11P2S3. The molecule has 0 aliphatic carbocycles. The summed E-state index contributed by atoms with van der Waals surface area (Å²) in [7, 11) is 0. The summed E-state index contributed by atoms with van der Waals surface area (Å²) in [6.07, 6.45) is -7.32. The average molecular weight is 724 g/mol. The maximum atomic E-state index is 12.9. The molecule has 0 aromatic carbocycles. The Labute approximate surface area is 265 Å². The number of nitrogens with two attached hydrogens (primary N) is 2. The lowest BCUT2D eigenvalue weighted by Crippen LogP contribution is -2.39. The third kappa shape index (κ3) is 5.60. The molecule has 0 amide bonds. The van der Waals surface area contributed by atoms with Gasteiger partial charge in [0.2, 0.25) is 0 Å². The second-order valence-electron chi connectivity index (χ2n) is 10.0. The van der Waals surface area contributed by atoms with Crippen molar-refractivity contribution in [3.63, 3.8) is 0 Å². The van der Waals surface area contributed by atoms with E-state index in [1.807, 2.05) is 0 Å². The van der Waals surface area contributed by atoms with Gasteiger partial charge in [0.15, 0.2) is 29.6 Å². The molecule has 3 aliphatic heterocycles. The summed E-state index contributed by atoms with van der Waals surface area (Å²) in [6.45, 7) is -9.44. The van der Waals surface area contributed by atoms with E-state index in [-0.39, 0.29) is 33.1 Å². The van der Waals surface area contributed by atoms with Gasteiger partial charge in [-0.15, -0.1) is 0 Å². The van der Waals surface area contributed by atoms with E-state index in [9.17, 15) is 24.8 Å². The van der Waals surface area contributed by atoms with Crippen molar-refractivity contribution in [1.29, 1.82) is 0 Å². The molecule has 25 heteroatoms. The van der Waals surface area contributed by atoms with Crippen molar-refractivity contribution in [1.82, 2.24) is 34.1 Å². The zero-order chi connectivity index (χ0) is 31.8. The molecule has 8 N–H and O–H groups in total. The third-order valence-corrected chi connectivity index (χ3v) is 11.4. The predicted molar refractivity (Wildman–Crippen MR) is 160 cm³/mol. The van der Waals surface area contributed by atoms with Gasteiger partial charge in [-0.2, -0.15) is 0 Å². The molecule has 0 radical (unpaired) electrons. The Balaban J connectivity index is 1.18. The number of fused-ring (bicyclic) bond motifs is 4. The van der Waals surface area contributed by atoms with E-state index in [4.69, 9.17) is 62.6 Å². The molecule has 10 atom stereocenters. The number of imidazole rings is 1. The van der Waals surface area contributed by atoms with E-state index in [1.54, 1.807) is 0 Å². The van der Waals surface area contributed by atoms with Crippen LogP contribution in [0.2, 0.25) is 0 Å². The van der Waals surface area contributed by atoms with Crippen molar-refractivity contribution in [3.8, 4) is 0 Å². The first-order chi connectivity index (χ1) is 21.3. The molecule has 20 nitrogen and oxygen atoms in total. The molecule has 0 saturated carbocycles. The summed E-state index contributed by atoms with van der Waals surface area (Å²) in [5, 5.41) is 22.5. The summed E-state index contributed by atoms with van der Waals surface area (Å²) in [5.74, 6) is 0.147. The molecule has 2 unspecified atom stereocenters. The van der Waals surface area contributed by atoms with Crippen LogP contribution in [0.25, 0.3) is 21.5 Å². The van der Waals surface area contributed by atoms with E-state index in [1.165, 1.54) is 17.2 Å². The normalized spacial score (nSPS) is 37.7. The number of anilines is 2. The van der Waals surface area contributed by atoms with Crippen LogP contribution >= 0.6 is 24.8 Å². The molecular weight excluding hydrogens is 700 g/mol. The Hall–Kier alpha value is -2.18. The van der Waals surface area contributed by atoms with Crippen molar-refractivity contribution in [2.24, 2.45) is 0 Å². The zero-order valence-electron chi connectivity index (χ0n) is 22.3. The van der Waals surface area contributed by atoms with Crippen LogP contribution in [0.5, 0.6) is 0 Å². The summed E-state index contributed by atoms with van der Waals surface area (Å²) in [5.41, 5.74) is 12.3. The smallest absolute Gasteiger partial charge is 0.325 e. The first-order valence-electron chi connectivity index (χ1n) is 12.9. The SMILES string of the molecule is Nc1ncnc2c1ncn2[C@@H]1O[C@@H]2COP(O)(=S)O[C@H]3[C@@H](O)[C@H](n4c(=O)sc5c(N)ncnc54)O[C@@H]3COP(O)(=S)O[C@H]2[C@H]1O. The quantitative estimate of drug-likeness (QED) is 0.130. The molecule has 0 spiro atoms. The minimum atomic E-state index is -4.19. The highest BCUT2D eigenvalue weighted by Gasteiger charge is 2.52. The second-order valence-corrected chi connectivity index (χ2v) is 16.6. The van der Waals surface area contributed by atoms with Gasteiger partial charge >= 0.3 is 18.3 Å². The van der Waals surface area contributed by atoms with E-state index in [2.05, 4.69) is 24.9 Å². The lowest BCUT2D eigenvalue weighted by molar-refractivity contribution is -0.0595. The van der Waals surface area contributed by atoms with E-state index in [0.29, 0.717) is 0 Å². The van der Waals surface area contributed by atoms with Crippen LogP contribution in [0.3, 0.4) is 0 Å². The van der Waals surface area contributed by atoms with Crippen LogP contribution in [-0.4, -0.2) is 104 Å². The fourth-order valence-electron chi connectivity index (χ4n) is 5.27. The van der Waals surface area contributed by atoms with Gasteiger partial charge in [0.25, 0.3) is 0 Å². The highest BCUT2D eigenvalue weighted by molar-refractivity contribution is 8.07. The maximum Gasteiger partial charge on any atom is 0.325 e. The molecule has 3 saturated heterocycles. The lowest BCUT2D eigenvalue weighted by atomic mass is 10.1. The number of ether oxygens (including phenoxy) is 2. The van der Waals surface area contributed by atoms with E-state index in [0.717, 1.165) is 22.2 Å². The monoisotopic (exact) mass is 723 g/mol. The Kier molecular flexibility index (Phi) is 8.03. The molecule has 242 valence electrons. The highest BCUT2D eigenvalue weighted by atomic mass is 32.5. The Morgan fingerprint density at radius 1 is 0.844 bits per heavy atom. The summed E-state index contributed by atoms with van der Waals surface area (Å²) >= 11 is 11.2. The van der Waals surface area contributed by atoms with Crippen LogP contribution in [0.4, 0.5) is 11.6 Å². The van der Waals surface area contributed by atoms with Crippen molar-refractivity contribution >= 4 is 81.5 Å². The third-order valence-electron chi connectivity index (χ3n) is 7.28. The van der Waals surface area contributed by atoms with Crippen LogP contribution in [0, 0.1) is 0 Å². The molecule has 7 heterocycles. The van der Waals surface area contributed by atoms with Gasteiger partial charge < -0.3 is 50.0 Å². The predicted octanol–water partition coefficient (Wildman–Crippen LogP) is -1.38. The first kappa shape index (κ1) is 31.4. The van der Waals surface area contributed by atoms with Gasteiger partial charge in [0.1, 0.15) is 65.3 Å². The van der Waals surface area contributed by atoms with Gasteiger partial charge in [0, 0.05) is 0 Å². The highest BCUT2D eigenvalue weighted by Crippen LogP contribution is 2.54. The topological polar surface area (TPSA) is 280 Å². The maximum absolute atomic E-state index is 12.9. The largest absolute Gasteiger partial charge is 0.386 e. The Morgan fingerprint density at radius 2 is 1.40 bits per heavy atom. The van der Waals surface area contributed by atoms with Gasteiger partial charge in [0.05, 0.1) is 19.5 Å². The van der Waals surface area contributed by atoms with Crippen LogP contribution < -0.4 is 16.3 Å².